The SMILES string of the molecule is Cc1cc(NCCN)ccc1C(=O)O. The first-order valence-electron chi connectivity index (χ1n) is 4.43. The third-order valence-corrected chi connectivity index (χ3v) is 1.93. The van der Waals surface area contributed by atoms with Gasteiger partial charge in [0.25, 0.3) is 0 Å². The maximum atomic E-state index is 10.7. The molecule has 0 amide bonds. The molecule has 0 fully saturated rings. The number of nitrogens with one attached hydrogen (secondary N) is 1. The molecule has 0 heterocycles. The number of nitrogens with two attached hydrogens (primary N) is 1. The molecule has 0 aliphatic carbocycles. The van der Waals surface area contributed by atoms with Crippen molar-refractivity contribution in [1.29, 1.82) is 0 Å². The summed E-state index contributed by atoms with van der Waals surface area (Å²) in [5.74, 6) is -0.895. The normalized spacial score (nSPS) is 9.86. The number of rotatable bonds is 4. The van der Waals surface area contributed by atoms with Gasteiger partial charge >= 0.3 is 5.97 Å². The van der Waals surface area contributed by atoms with Crippen molar-refractivity contribution in [3.05, 3.63) is 29.3 Å². The zero-order valence-electron chi connectivity index (χ0n) is 8.08. The van der Waals surface area contributed by atoms with Crippen LogP contribution in [0.15, 0.2) is 18.2 Å². The Morgan fingerprint density at radius 1 is 1.57 bits per heavy atom. The number of carbonyl (C=O) groups is 1. The van der Waals surface area contributed by atoms with E-state index in [1.165, 1.54) is 0 Å². The first-order valence-corrected chi connectivity index (χ1v) is 4.43. The quantitative estimate of drug-likeness (QED) is 0.670. The molecule has 0 saturated carbocycles. The number of hydrogen-bond donors (Lipinski definition) is 3. The third-order valence-electron chi connectivity index (χ3n) is 1.93. The summed E-state index contributed by atoms with van der Waals surface area (Å²) in [4.78, 5) is 10.7. The van der Waals surface area contributed by atoms with E-state index in [0.29, 0.717) is 18.7 Å². The number of anilines is 1. The van der Waals surface area contributed by atoms with Crippen LogP contribution in [-0.4, -0.2) is 24.2 Å². The fourth-order valence-electron chi connectivity index (χ4n) is 1.23. The molecule has 0 radical (unpaired) electrons. The fourth-order valence-corrected chi connectivity index (χ4v) is 1.23. The van der Waals surface area contributed by atoms with Gasteiger partial charge < -0.3 is 16.2 Å². The maximum absolute atomic E-state index is 10.7. The molecule has 4 N–H and O–H groups in total. The van der Waals surface area contributed by atoms with Crippen molar-refractivity contribution < 1.29 is 9.90 Å². The summed E-state index contributed by atoms with van der Waals surface area (Å²) < 4.78 is 0. The minimum Gasteiger partial charge on any atom is -0.478 e. The van der Waals surface area contributed by atoms with Gasteiger partial charge in [-0.1, -0.05) is 0 Å². The molecule has 0 aliphatic heterocycles. The van der Waals surface area contributed by atoms with Gasteiger partial charge in [0.05, 0.1) is 5.56 Å². The molecule has 0 spiro atoms. The Hall–Kier alpha value is -1.55. The summed E-state index contributed by atoms with van der Waals surface area (Å²) in [5.41, 5.74) is 7.32. The number of carboxylic acids is 1. The summed E-state index contributed by atoms with van der Waals surface area (Å²) in [5, 5.41) is 11.9. The molecule has 1 aromatic carbocycles. The van der Waals surface area contributed by atoms with Crippen LogP contribution in [0.25, 0.3) is 0 Å². The summed E-state index contributed by atoms with van der Waals surface area (Å²) in [6.07, 6.45) is 0. The summed E-state index contributed by atoms with van der Waals surface area (Å²) in [7, 11) is 0. The van der Waals surface area contributed by atoms with Gasteiger partial charge in [-0.3, -0.25) is 0 Å². The van der Waals surface area contributed by atoms with Crippen LogP contribution in [0.1, 0.15) is 15.9 Å². The van der Waals surface area contributed by atoms with Gasteiger partial charge in [0.1, 0.15) is 0 Å². The Labute approximate surface area is 82.7 Å². The second-order valence-corrected chi connectivity index (χ2v) is 3.05. The maximum Gasteiger partial charge on any atom is 0.335 e. The first-order chi connectivity index (χ1) is 6.65. The van der Waals surface area contributed by atoms with Crippen LogP contribution in [-0.2, 0) is 0 Å². The highest BCUT2D eigenvalue weighted by Crippen LogP contribution is 2.14. The fraction of sp³-hybridized carbons (Fsp3) is 0.300. The standard InChI is InChI=1S/C10H14N2O2/c1-7-6-8(12-5-4-11)2-3-9(7)10(13)14/h2-3,6,12H,4-5,11H2,1H3,(H,13,14). The summed E-state index contributed by atoms with van der Waals surface area (Å²) >= 11 is 0. The van der Waals surface area contributed by atoms with Gasteiger partial charge in [0.15, 0.2) is 0 Å². The second-order valence-electron chi connectivity index (χ2n) is 3.05. The molecule has 1 aromatic rings. The minimum absolute atomic E-state index is 0.336. The zero-order chi connectivity index (χ0) is 10.6. The topological polar surface area (TPSA) is 75.3 Å². The van der Waals surface area contributed by atoms with Crippen LogP contribution in [0.5, 0.6) is 0 Å². The van der Waals surface area contributed by atoms with Crippen molar-refractivity contribution >= 4 is 11.7 Å². The molecule has 0 unspecified atom stereocenters. The Morgan fingerprint density at radius 3 is 2.79 bits per heavy atom. The zero-order valence-corrected chi connectivity index (χ0v) is 8.08. The molecule has 0 aliphatic rings. The Balaban J connectivity index is 2.83. The van der Waals surface area contributed by atoms with E-state index < -0.39 is 5.97 Å². The highest BCUT2D eigenvalue weighted by Gasteiger charge is 2.06. The molecule has 0 bridgehead atoms. The number of aromatic carboxylic acids is 1. The monoisotopic (exact) mass is 194 g/mol. The van der Waals surface area contributed by atoms with E-state index in [4.69, 9.17) is 10.8 Å². The molecular formula is C10H14N2O2. The van der Waals surface area contributed by atoms with Gasteiger partial charge in [0.2, 0.25) is 0 Å². The van der Waals surface area contributed by atoms with Crippen LogP contribution >= 0.6 is 0 Å². The molecular weight excluding hydrogens is 180 g/mol. The van der Waals surface area contributed by atoms with Crippen LogP contribution in [0.3, 0.4) is 0 Å². The molecule has 76 valence electrons. The second kappa shape index (κ2) is 4.62. The average molecular weight is 194 g/mol. The smallest absolute Gasteiger partial charge is 0.335 e. The number of aryl methyl sites for hydroxylation is 1. The van der Waals surface area contributed by atoms with Gasteiger partial charge in [-0.15, -0.1) is 0 Å². The molecule has 0 saturated heterocycles. The Morgan fingerprint density at radius 2 is 2.29 bits per heavy atom. The number of benzene rings is 1. The Bertz CT molecular complexity index is 337. The van der Waals surface area contributed by atoms with Crippen molar-refractivity contribution in [3.8, 4) is 0 Å². The molecule has 1 rings (SSSR count). The van der Waals surface area contributed by atoms with E-state index in [2.05, 4.69) is 5.32 Å². The minimum atomic E-state index is -0.895. The van der Waals surface area contributed by atoms with Crippen molar-refractivity contribution in [3.63, 3.8) is 0 Å². The lowest BCUT2D eigenvalue weighted by atomic mass is 10.1. The lowest BCUT2D eigenvalue weighted by molar-refractivity contribution is 0.0696. The van der Waals surface area contributed by atoms with Gasteiger partial charge in [0, 0.05) is 18.8 Å². The van der Waals surface area contributed by atoms with Crippen molar-refractivity contribution in [2.75, 3.05) is 18.4 Å². The Kier molecular flexibility index (Phi) is 3.48. The average Bonchev–Trinajstić information content (AvgIpc) is 2.14. The van der Waals surface area contributed by atoms with E-state index in [1.807, 2.05) is 0 Å². The van der Waals surface area contributed by atoms with Crippen LogP contribution in [0.4, 0.5) is 5.69 Å². The van der Waals surface area contributed by atoms with Crippen molar-refractivity contribution in [1.82, 2.24) is 0 Å². The van der Waals surface area contributed by atoms with Gasteiger partial charge in [-0.2, -0.15) is 0 Å². The predicted octanol–water partition coefficient (Wildman–Crippen LogP) is 1.06. The van der Waals surface area contributed by atoms with Gasteiger partial charge in [-0.05, 0) is 30.7 Å². The lowest BCUT2D eigenvalue weighted by Gasteiger charge is -2.07. The predicted molar refractivity (Wildman–Crippen MR) is 55.7 cm³/mol. The molecule has 4 heteroatoms. The summed E-state index contributed by atoms with van der Waals surface area (Å²) in [6, 6.07) is 5.14. The van der Waals surface area contributed by atoms with Crippen molar-refractivity contribution in [2.24, 2.45) is 5.73 Å². The number of hydrogen-bond acceptors (Lipinski definition) is 3. The highest BCUT2D eigenvalue weighted by molar-refractivity contribution is 5.89. The third kappa shape index (κ3) is 2.47. The van der Waals surface area contributed by atoms with Crippen LogP contribution < -0.4 is 11.1 Å². The van der Waals surface area contributed by atoms with Crippen LogP contribution in [0, 0.1) is 6.92 Å². The van der Waals surface area contributed by atoms with E-state index >= 15 is 0 Å². The van der Waals surface area contributed by atoms with E-state index in [1.54, 1.807) is 25.1 Å². The first kappa shape index (κ1) is 10.5. The van der Waals surface area contributed by atoms with E-state index in [-0.39, 0.29) is 0 Å². The molecule has 0 atom stereocenters. The number of carboxylic acid groups (broad SMARTS) is 1. The highest BCUT2D eigenvalue weighted by atomic mass is 16.4. The molecule has 14 heavy (non-hydrogen) atoms. The molecule has 0 aromatic heterocycles. The van der Waals surface area contributed by atoms with E-state index in [0.717, 1.165) is 11.3 Å². The van der Waals surface area contributed by atoms with E-state index in [9.17, 15) is 4.79 Å². The molecule has 4 nitrogen and oxygen atoms in total. The van der Waals surface area contributed by atoms with Crippen LogP contribution in [0.2, 0.25) is 0 Å². The summed E-state index contributed by atoms with van der Waals surface area (Å²) in [6.45, 7) is 3.02. The van der Waals surface area contributed by atoms with Gasteiger partial charge in [-0.25, -0.2) is 4.79 Å². The lowest BCUT2D eigenvalue weighted by Crippen LogP contribution is -2.13. The largest absolute Gasteiger partial charge is 0.478 e. The van der Waals surface area contributed by atoms with Crippen molar-refractivity contribution in [2.45, 2.75) is 6.92 Å².